The number of rotatable bonds is 7. The molecule has 0 bridgehead atoms. The summed E-state index contributed by atoms with van der Waals surface area (Å²) in [6.45, 7) is 2.27. The third kappa shape index (κ3) is 5.32. The highest BCUT2D eigenvalue weighted by molar-refractivity contribution is 5.94. The number of halogens is 1. The molecule has 0 atom stereocenters. The lowest BCUT2D eigenvalue weighted by molar-refractivity contribution is -0.122. The second kappa shape index (κ2) is 9.47. The molecule has 0 radical (unpaired) electrons. The maximum atomic E-state index is 13.0. The van der Waals surface area contributed by atoms with Crippen LogP contribution in [0, 0.1) is 12.7 Å². The van der Waals surface area contributed by atoms with E-state index in [0.29, 0.717) is 17.8 Å². The van der Waals surface area contributed by atoms with Crippen LogP contribution in [-0.4, -0.2) is 26.0 Å². The van der Waals surface area contributed by atoms with E-state index in [2.05, 4.69) is 15.7 Å². The zero-order valence-corrected chi connectivity index (χ0v) is 17.9. The smallest absolute Gasteiger partial charge is 0.350 e. The van der Waals surface area contributed by atoms with Gasteiger partial charge in [0.1, 0.15) is 12.4 Å². The van der Waals surface area contributed by atoms with E-state index in [4.69, 9.17) is 0 Å². The van der Waals surface area contributed by atoms with Crippen LogP contribution >= 0.6 is 0 Å². The molecule has 0 aliphatic heterocycles. The summed E-state index contributed by atoms with van der Waals surface area (Å²) >= 11 is 0. The number of carbonyl (C=O) groups is 2. The summed E-state index contributed by atoms with van der Waals surface area (Å²) in [6, 6.07) is 16.7. The number of amides is 2. The van der Waals surface area contributed by atoms with E-state index in [1.807, 2.05) is 31.2 Å². The third-order valence-electron chi connectivity index (χ3n) is 5.11. The molecule has 2 N–H and O–H groups in total. The molecule has 0 saturated carbocycles. The average Bonchev–Trinajstić information content (AvgIpc) is 3.12. The van der Waals surface area contributed by atoms with Gasteiger partial charge in [-0.15, -0.1) is 5.10 Å². The molecule has 2 heterocycles. The second-order valence-electron chi connectivity index (χ2n) is 7.66. The van der Waals surface area contributed by atoms with Crippen molar-refractivity contribution in [2.75, 3.05) is 0 Å². The Balaban J connectivity index is 1.41. The fourth-order valence-corrected chi connectivity index (χ4v) is 3.24. The van der Waals surface area contributed by atoms with Crippen molar-refractivity contribution in [3.63, 3.8) is 0 Å². The Morgan fingerprint density at radius 2 is 1.55 bits per heavy atom. The maximum absolute atomic E-state index is 13.0. The summed E-state index contributed by atoms with van der Waals surface area (Å²) in [5.41, 5.74) is 2.92. The number of benzene rings is 2. The highest BCUT2D eigenvalue weighted by atomic mass is 19.1. The Morgan fingerprint density at radius 3 is 2.24 bits per heavy atom. The number of aryl methyl sites for hydroxylation is 1. The molecule has 2 amide bonds. The first-order valence-electron chi connectivity index (χ1n) is 10.3. The Morgan fingerprint density at radius 1 is 0.909 bits per heavy atom. The topological polar surface area (TPSA) is 97.5 Å². The normalized spacial score (nSPS) is 10.8. The lowest BCUT2D eigenvalue weighted by atomic mass is 10.1. The van der Waals surface area contributed by atoms with E-state index in [0.717, 1.165) is 21.4 Å². The van der Waals surface area contributed by atoms with Crippen molar-refractivity contribution >= 4 is 17.5 Å². The van der Waals surface area contributed by atoms with Crippen molar-refractivity contribution in [2.24, 2.45) is 0 Å². The van der Waals surface area contributed by atoms with Crippen molar-refractivity contribution in [3.05, 3.63) is 105 Å². The number of nitrogens with zero attached hydrogens (tertiary/aromatic N) is 3. The van der Waals surface area contributed by atoms with Gasteiger partial charge in [0.15, 0.2) is 5.65 Å². The van der Waals surface area contributed by atoms with Gasteiger partial charge in [-0.25, -0.2) is 18.3 Å². The second-order valence-corrected chi connectivity index (χ2v) is 7.66. The molecular weight excluding hydrogens is 425 g/mol. The SMILES string of the molecule is Cc1ccc(CNC(=O)c2ccc3nn(CC(=O)NCc4ccc(F)cc4)c(=O)n3c2)cc1. The van der Waals surface area contributed by atoms with E-state index < -0.39 is 11.6 Å². The van der Waals surface area contributed by atoms with Gasteiger partial charge in [-0.1, -0.05) is 42.0 Å². The van der Waals surface area contributed by atoms with E-state index in [1.165, 1.54) is 22.7 Å². The molecule has 0 saturated heterocycles. The Bertz CT molecular complexity index is 1360. The molecule has 0 aliphatic rings. The summed E-state index contributed by atoms with van der Waals surface area (Å²) in [5, 5.41) is 9.64. The number of fused-ring (bicyclic) bond motifs is 1. The number of carbonyl (C=O) groups excluding carboxylic acids is 2. The molecule has 168 valence electrons. The monoisotopic (exact) mass is 447 g/mol. The predicted molar refractivity (Wildman–Crippen MR) is 120 cm³/mol. The zero-order valence-electron chi connectivity index (χ0n) is 17.9. The van der Waals surface area contributed by atoms with Crippen LogP contribution in [0.1, 0.15) is 27.0 Å². The first-order chi connectivity index (χ1) is 15.9. The van der Waals surface area contributed by atoms with Crippen LogP contribution in [0.5, 0.6) is 0 Å². The number of hydrogen-bond acceptors (Lipinski definition) is 4. The van der Waals surface area contributed by atoms with Crippen molar-refractivity contribution < 1.29 is 14.0 Å². The molecule has 2 aromatic heterocycles. The van der Waals surface area contributed by atoms with Gasteiger partial charge in [0, 0.05) is 19.3 Å². The lowest BCUT2D eigenvalue weighted by Crippen LogP contribution is -2.32. The maximum Gasteiger partial charge on any atom is 0.350 e. The number of pyridine rings is 1. The van der Waals surface area contributed by atoms with Gasteiger partial charge in [-0.2, -0.15) is 0 Å². The number of aromatic nitrogens is 3. The van der Waals surface area contributed by atoms with Crippen molar-refractivity contribution in [3.8, 4) is 0 Å². The van der Waals surface area contributed by atoms with E-state index >= 15 is 0 Å². The van der Waals surface area contributed by atoms with Gasteiger partial charge in [0.05, 0.1) is 5.56 Å². The van der Waals surface area contributed by atoms with Crippen LogP contribution in [0.3, 0.4) is 0 Å². The van der Waals surface area contributed by atoms with Gasteiger partial charge < -0.3 is 10.6 Å². The molecule has 8 nitrogen and oxygen atoms in total. The summed E-state index contributed by atoms with van der Waals surface area (Å²) < 4.78 is 15.2. The highest BCUT2D eigenvalue weighted by Gasteiger charge is 2.13. The van der Waals surface area contributed by atoms with Crippen molar-refractivity contribution in [1.29, 1.82) is 0 Å². The van der Waals surface area contributed by atoms with Crippen LogP contribution in [0.4, 0.5) is 4.39 Å². The predicted octanol–water partition coefficient (Wildman–Crippen LogP) is 2.19. The minimum absolute atomic E-state index is 0.201. The molecule has 0 aliphatic carbocycles. The van der Waals surface area contributed by atoms with E-state index in [1.54, 1.807) is 24.3 Å². The van der Waals surface area contributed by atoms with Crippen LogP contribution in [0.2, 0.25) is 0 Å². The first-order valence-corrected chi connectivity index (χ1v) is 10.3. The summed E-state index contributed by atoms with van der Waals surface area (Å²) in [7, 11) is 0. The van der Waals surface area contributed by atoms with Gasteiger partial charge in [-0.05, 0) is 42.3 Å². The molecule has 0 unspecified atom stereocenters. The third-order valence-corrected chi connectivity index (χ3v) is 5.11. The molecule has 4 rings (SSSR count). The zero-order chi connectivity index (χ0) is 23.4. The average molecular weight is 447 g/mol. The van der Waals surface area contributed by atoms with Crippen LogP contribution in [-0.2, 0) is 24.4 Å². The highest BCUT2D eigenvalue weighted by Crippen LogP contribution is 2.06. The molecule has 0 fully saturated rings. The van der Waals surface area contributed by atoms with Crippen LogP contribution in [0.15, 0.2) is 71.7 Å². The van der Waals surface area contributed by atoms with E-state index in [-0.39, 0.29) is 24.8 Å². The number of hydrogen-bond donors (Lipinski definition) is 2. The Labute approximate surface area is 188 Å². The molecule has 4 aromatic rings. The summed E-state index contributed by atoms with van der Waals surface area (Å²) in [6.07, 6.45) is 1.40. The summed E-state index contributed by atoms with van der Waals surface area (Å²) in [5.74, 6) is -1.10. The Kier molecular flexibility index (Phi) is 6.30. The fraction of sp³-hybridized carbons (Fsp3) is 0.167. The van der Waals surface area contributed by atoms with Gasteiger partial charge in [0.25, 0.3) is 5.91 Å². The van der Waals surface area contributed by atoms with Gasteiger partial charge >= 0.3 is 5.69 Å². The molecular formula is C24H22FN5O3. The number of nitrogens with one attached hydrogen (secondary N) is 2. The minimum atomic E-state index is -0.532. The van der Waals surface area contributed by atoms with E-state index in [9.17, 15) is 18.8 Å². The van der Waals surface area contributed by atoms with Crippen molar-refractivity contribution in [2.45, 2.75) is 26.6 Å². The molecule has 0 spiro atoms. The Hall–Kier alpha value is -4.27. The fourth-order valence-electron chi connectivity index (χ4n) is 3.24. The van der Waals surface area contributed by atoms with Gasteiger partial charge in [0.2, 0.25) is 5.91 Å². The summed E-state index contributed by atoms with van der Waals surface area (Å²) in [4.78, 5) is 37.4. The molecule has 2 aromatic carbocycles. The first kappa shape index (κ1) is 21.9. The largest absolute Gasteiger partial charge is 0.350 e. The molecule has 9 heteroatoms. The van der Waals surface area contributed by atoms with Crippen LogP contribution in [0.25, 0.3) is 5.65 Å². The van der Waals surface area contributed by atoms with Crippen molar-refractivity contribution in [1.82, 2.24) is 24.8 Å². The van der Waals surface area contributed by atoms with Crippen LogP contribution < -0.4 is 16.3 Å². The minimum Gasteiger partial charge on any atom is -0.350 e. The standard InChI is InChI=1S/C24H22FN5O3/c1-16-2-4-17(5-3-16)13-27-23(32)19-8-11-21-28-30(24(33)29(21)14-19)15-22(31)26-12-18-6-9-20(25)10-7-18/h2-11,14H,12-13,15H2,1H3,(H,26,31)(H,27,32). The molecule has 33 heavy (non-hydrogen) atoms. The lowest BCUT2D eigenvalue weighted by Gasteiger charge is -2.06. The quantitative estimate of drug-likeness (QED) is 0.454. The van der Waals surface area contributed by atoms with Gasteiger partial charge in [-0.3, -0.25) is 9.59 Å².